The lowest BCUT2D eigenvalue weighted by Crippen LogP contribution is -2.08. The number of nitrogens with two attached hydrogens (primary N) is 1. The van der Waals surface area contributed by atoms with Crippen molar-refractivity contribution in [2.75, 3.05) is 11.1 Å². The van der Waals surface area contributed by atoms with Crippen molar-refractivity contribution in [2.24, 2.45) is 0 Å². The molecule has 0 saturated heterocycles. The first-order valence-electron chi connectivity index (χ1n) is 5.33. The summed E-state index contributed by atoms with van der Waals surface area (Å²) in [4.78, 5) is 3.73. The van der Waals surface area contributed by atoms with Crippen LogP contribution in [0, 0.1) is 36.0 Å². The molecule has 0 spiro atoms. The molecule has 0 atom stereocenters. The number of aromatic nitrogens is 1. The first-order valence-corrected chi connectivity index (χ1v) is 5.33. The summed E-state index contributed by atoms with van der Waals surface area (Å²) < 4.78 is 65.9. The molecule has 0 fully saturated rings. The SMILES string of the molecule is Cc1cc(N)cnc1Nc1c(F)c(F)c(F)c(F)c1F. The average Bonchev–Trinajstić information content (AvgIpc) is 2.41. The molecule has 1 aromatic carbocycles. The first-order chi connectivity index (χ1) is 9.32. The van der Waals surface area contributed by atoms with E-state index in [0.29, 0.717) is 11.3 Å². The van der Waals surface area contributed by atoms with Crippen molar-refractivity contribution >= 4 is 17.2 Å². The normalized spacial score (nSPS) is 10.7. The molecule has 0 amide bonds. The Morgan fingerprint density at radius 1 is 0.950 bits per heavy atom. The van der Waals surface area contributed by atoms with E-state index in [-0.39, 0.29) is 5.82 Å². The van der Waals surface area contributed by atoms with Crippen LogP contribution in [0.25, 0.3) is 0 Å². The second-order valence-electron chi connectivity index (χ2n) is 4.00. The maximum Gasteiger partial charge on any atom is 0.200 e. The summed E-state index contributed by atoms with van der Waals surface area (Å²) in [6.07, 6.45) is 1.18. The molecule has 0 bridgehead atoms. The van der Waals surface area contributed by atoms with Gasteiger partial charge >= 0.3 is 0 Å². The summed E-state index contributed by atoms with van der Waals surface area (Å²) in [5.41, 5.74) is 4.96. The predicted octanol–water partition coefficient (Wildman–Crippen LogP) is 3.41. The molecule has 2 aromatic rings. The first kappa shape index (κ1) is 14.0. The van der Waals surface area contributed by atoms with E-state index in [9.17, 15) is 22.0 Å². The second-order valence-corrected chi connectivity index (χ2v) is 4.00. The highest BCUT2D eigenvalue weighted by molar-refractivity contribution is 5.62. The number of hydrogen-bond acceptors (Lipinski definition) is 3. The van der Waals surface area contributed by atoms with Gasteiger partial charge in [0.25, 0.3) is 0 Å². The minimum absolute atomic E-state index is 0.0672. The number of anilines is 3. The molecule has 0 saturated carbocycles. The van der Waals surface area contributed by atoms with Crippen LogP contribution < -0.4 is 11.1 Å². The minimum atomic E-state index is -2.22. The molecule has 3 N–H and O–H groups in total. The summed E-state index contributed by atoms with van der Waals surface area (Å²) >= 11 is 0. The van der Waals surface area contributed by atoms with Crippen molar-refractivity contribution in [2.45, 2.75) is 6.92 Å². The molecular formula is C12H8F5N3. The zero-order valence-electron chi connectivity index (χ0n) is 10.1. The van der Waals surface area contributed by atoms with Gasteiger partial charge in [0.05, 0.1) is 11.9 Å². The van der Waals surface area contributed by atoms with Crippen LogP contribution in [0.4, 0.5) is 39.1 Å². The molecular weight excluding hydrogens is 281 g/mol. The van der Waals surface area contributed by atoms with Crippen LogP contribution in [-0.2, 0) is 0 Å². The second kappa shape index (κ2) is 4.95. The topological polar surface area (TPSA) is 50.9 Å². The number of halogens is 5. The average molecular weight is 289 g/mol. The predicted molar refractivity (Wildman–Crippen MR) is 62.9 cm³/mol. The van der Waals surface area contributed by atoms with Crippen LogP contribution >= 0.6 is 0 Å². The van der Waals surface area contributed by atoms with Crippen molar-refractivity contribution in [1.29, 1.82) is 0 Å². The van der Waals surface area contributed by atoms with Gasteiger partial charge in [-0.3, -0.25) is 0 Å². The van der Waals surface area contributed by atoms with Gasteiger partial charge in [0, 0.05) is 0 Å². The lowest BCUT2D eigenvalue weighted by Gasteiger charge is -2.12. The third kappa shape index (κ3) is 2.24. The number of hydrogen-bond donors (Lipinski definition) is 2. The fourth-order valence-corrected chi connectivity index (χ4v) is 1.56. The van der Waals surface area contributed by atoms with Gasteiger partial charge in [-0.05, 0) is 18.6 Å². The van der Waals surface area contributed by atoms with Gasteiger partial charge in [-0.1, -0.05) is 0 Å². The van der Waals surface area contributed by atoms with Gasteiger partial charge in [0.1, 0.15) is 11.5 Å². The van der Waals surface area contributed by atoms with Gasteiger partial charge in [-0.15, -0.1) is 0 Å². The van der Waals surface area contributed by atoms with E-state index in [0.717, 1.165) is 0 Å². The summed E-state index contributed by atoms with van der Waals surface area (Å²) in [5.74, 6) is -10.3. The summed E-state index contributed by atoms with van der Waals surface area (Å²) in [6.45, 7) is 1.51. The minimum Gasteiger partial charge on any atom is -0.397 e. The number of nitrogen functional groups attached to an aromatic ring is 1. The van der Waals surface area contributed by atoms with E-state index in [1.165, 1.54) is 19.2 Å². The van der Waals surface area contributed by atoms with Gasteiger partial charge in [0.2, 0.25) is 5.82 Å². The fourth-order valence-electron chi connectivity index (χ4n) is 1.56. The number of pyridine rings is 1. The molecule has 0 aliphatic rings. The lowest BCUT2D eigenvalue weighted by atomic mass is 10.2. The lowest BCUT2D eigenvalue weighted by molar-refractivity contribution is 0.382. The number of nitrogens with one attached hydrogen (secondary N) is 1. The van der Waals surface area contributed by atoms with Crippen molar-refractivity contribution in [3.05, 3.63) is 46.9 Å². The highest BCUT2D eigenvalue weighted by Crippen LogP contribution is 2.30. The third-order valence-electron chi connectivity index (χ3n) is 2.55. The summed E-state index contributed by atoms with van der Waals surface area (Å²) in [6, 6.07) is 1.43. The zero-order chi connectivity index (χ0) is 15.0. The smallest absolute Gasteiger partial charge is 0.200 e. The standard InChI is InChI=1S/C12H8F5N3/c1-4-2-5(18)3-19-12(4)20-11-9(16)7(14)6(13)8(15)10(11)17/h2-3H,18H2,1H3,(H,19,20). The Bertz CT molecular complexity index is 658. The Morgan fingerprint density at radius 3 is 1.95 bits per heavy atom. The maximum atomic E-state index is 13.5. The van der Waals surface area contributed by atoms with Crippen LogP contribution in [-0.4, -0.2) is 4.98 Å². The Kier molecular flexibility index (Phi) is 3.47. The monoisotopic (exact) mass is 289 g/mol. The van der Waals surface area contributed by atoms with Gasteiger partial charge < -0.3 is 11.1 Å². The highest BCUT2D eigenvalue weighted by atomic mass is 19.2. The van der Waals surface area contributed by atoms with Gasteiger partial charge in [-0.2, -0.15) is 0 Å². The van der Waals surface area contributed by atoms with Crippen molar-refractivity contribution < 1.29 is 22.0 Å². The molecule has 1 heterocycles. The van der Waals surface area contributed by atoms with E-state index < -0.39 is 34.8 Å². The maximum absolute atomic E-state index is 13.5. The Labute approximate surface area is 110 Å². The van der Waals surface area contributed by atoms with E-state index in [2.05, 4.69) is 10.3 Å². The molecule has 106 valence electrons. The molecule has 0 aliphatic carbocycles. The van der Waals surface area contributed by atoms with Crippen molar-refractivity contribution in [1.82, 2.24) is 4.98 Å². The number of rotatable bonds is 2. The van der Waals surface area contributed by atoms with Gasteiger partial charge in [-0.25, -0.2) is 26.9 Å². The quantitative estimate of drug-likeness (QED) is 0.506. The largest absolute Gasteiger partial charge is 0.397 e. The molecule has 20 heavy (non-hydrogen) atoms. The Balaban J connectivity index is 2.54. The van der Waals surface area contributed by atoms with Crippen LogP contribution in [0.1, 0.15) is 5.56 Å². The van der Waals surface area contributed by atoms with Crippen molar-refractivity contribution in [3.63, 3.8) is 0 Å². The van der Waals surface area contributed by atoms with Gasteiger partial charge in [0.15, 0.2) is 23.3 Å². The number of benzene rings is 1. The summed E-state index contributed by atoms with van der Waals surface area (Å²) in [5, 5.41) is 2.08. The van der Waals surface area contributed by atoms with E-state index in [4.69, 9.17) is 5.73 Å². The van der Waals surface area contributed by atoms with E-state index in [1.54, 1.807) is 0 Å². The van der Waals surface area contributed by atoms with Crippen LogP contribution in [0.3, 0.4) is 0 Å². The molecule has 3 nitrogen and oxygen atoms in total. The van der Waals surface area contributed by atoms with Crippen LogP contribution in [0.5, 0.6) is 0 Å². The van der Waals surface area contributed by atoms with E-state index >= 15 is 0 Å². The molecule has 1 aromatic heterocycles. The summed E-state index contributed by atoms with van der Waals surface area (Å²) in [7, 11) is 0. The number of aryl methyl sites for hydroxylation is 1. The van der Waals surface area contributed by atoms with Crippen LogP contribution in [0.15, 0.2) is 12.3 Å². The third-order valence-corrected chi connectivity index (χ3v) is 2.55. The Hall–Kier alpha value is -2.38. The molecule has 2 rings (SSSR count). The fraction of sp³-hybridized carbons (Fsp3) is 0.0833. The molecule has 0 unspecified atom stereocenters. The van der Waals surface area contributed by atoms with E-state index in [1.807, 2.05) is 0 Å². The highest BCUT2D eigenvalue weighted by Gasteiger charge is 2.26. The molecule has 0 radical (unpaired) electrons. The Morgan fingerprint density at radius 2 is 1.45 bits per heavy atom. The molecule has 8 heteroatoms. The number of nitrogens with zero attached hydrogens (tertiary/aromatic N) is 1. The van der Waals surface area contributed by atoms with Crippen molar-refractivity contribution in [3.8, 4) is 0 Å². The van der Waals surface area contributed by atoms with Crippen LogP contribution in [0.2, 0.25) is 0 Å². The molecule has 0 aliphatic heterocycles. The zero-order valence-corrected chi connectivity index (χ0v) is 10.1.